The zero-order valence-corrected chi connectivity index (χ0v) is 18.7. The average molecular weight is 441 g/mol. The van der Waals surface area contributed by atoms with Crippen LogP contribution in [0.2, 0.25) is 0 Å². The van der Waals surface area contributed by atoms with Gasteiger partial charge >= 0.3 is 0 Å². The first-order valence-electron chi connectivity index (χ1n) is 11.1. The van der Waals surface area contributed by atoms with Crippen LogP contribution >= 0.6 is 0 Å². The molecular formula is C25H32N2O5. The lowest BCUT2D eigenvalue weighted by Gasteiger charge is -2.19. The molecule has 3 N–H and O–H groups in total. The van der Waals surface area contributed by atoms with E-state index in [9.17, 15) is 9.59 Å². The molecule has 0 bridgehead atoms. The molecule has 1 atom stereocenters. The van der Waals surface area contributed by atoms with Crippen molar-refractivity contribution < 1.29 is 24.2 Å². The smallest absolute Gasteiger partial charge is 0.251 e. The third-order valence-corrected chi connectivity index (χ3v) is 5.07. The molecule has 1 unspecified atom stereocenters. The van der Waals surface area contributed by atoms with Crippen LogP contribution in [-0.2, 0) is 11.2 Å². The Morgan fingerprint density at radius 1 is 1.03 bits per heavy atom. The molecule has 1 saturated carbocycles. The Balaban J connectivity index is 1.63. The van der Waals surface area contributed by atoms with E-state index in [4.69, 9.17) is 14.6 Å². The highest BCUT2D eigenvalue weighted by Crippen LogP contribution is 2.29. The molecule has 172 valence electrons. The van der Waals surface area contributed by atoms with Crippen molar-refractivity contribution in [2.45, 2.75) is 45.3 Å². The molecular weight excluding hydrogens is 408 g/mol. The van der Waals surface area contributed by atoms with Crippen LogP contribution in [0.25, 0.3) is 0 Å². The van der Waals surface area contributed by atoms with Gasteiger partial charge in [0.2, 0.25) is 5.91 Å². The number of hydrogen-bond donors (Lipinski definition) is 3. The van der Waals surface area contributed by atoms with E-state index in [1.807, 2.05) is 38.1 Å². The molecule has 0 aromatic heterocycles. The van der Waals surface area contributed by atoms with E-state index in [0.717, 1.165) is 17.1 Å². The van der Waals surface area contributed by atoms with E-state index in [1.54, 1.807) is 24.3 Å². The SMILES string of the molecule is CC(C)Oc1ccc(CC(NC(=O)c2ccc(OCC3CC3)cc2)C(=O)NCCO)cc1. The Hall–Kier alpha value is -3.06. The Bertz CT molecular complexity index is 876. The van der Waals surface area contributed by atoms with E-state index in [2.05, 4.69) is 10.6 Å². The molecule has 0 radical (unpaired) electrons. The number of rotatable bonds is 12. The predicted octanol–water partition coefficient (Wildman–Crippen LogP) is 2.71. The summed E-state index contributed by atoms with van der Waals surface area (Å²) in [4.78, 5) is 25.4. The van der Waals surface area contributed by atoms with Gasteiger partial charge in [-0.1, -0.05) is 12.1 Å². The highest BCUT2D eigenvalue weighted by molar-refractivity contribution is 5.97. The van der Waals surface area contributed by atoms with Crippen molar-refractivity contribution in [3.05, 3.63) is 59.7 Å². The topological polar surface area (TPSA) is 96.9 Å². The van der Waals surface area contributed by atoms with Crippen LogP contribution in [-0.4, -0.2) is 48.8 Å². The van der Waals surface area contributed by atoms with E-state index in [-0.39, 0.29) is 31.1 Å². The van der Waals surface area contributed by atoms with Gasteiger partial charge < -0.3 is 25.2 Å². The normalized spacial score (nSPS) is 14.0. The summed E-state index contributed by atoms with van der Waals surface area (Å²) in [5, 5.41) is 14.5. The fraction of sp³-hybridized carbons (Fsp3) is 0.440. The second-order valence-corrected chi connectivity index (χ2v) is 8.33. The lowest BCUT2D eigenvalue weighted by atomic mass is 10.0. The number of amides is 2. The molecule has 0 saturated heterocycles. The van der Waals surface area contributed by atoms with Crippen molar-refractivity contribution in [3.63, 3.8) is 0 Å². The maximum atomic E-state index is 12.8. The molecule has 32 heavy (non-hydrogen) atoms. The molecule has 2 aromatic rings. The molecule has 0 aliphatic heterocycles. The summed E-state index contributed by atoms with van der Waals surface area (Å²) in [6.07, 6.45) is 2.82. The monoisotopic (exact) mass is 440 g/mol. The Morgan fingerprint density at radius 2 is 1.69 bits per heavy atom. The second kappa shape index (κ2) is 11.5. The van der Waals surface area contributed by atoms with Crippen molar-refractivity contribution in [2.75, 3.05) is 19.8 Å². The van der Waals surface area contributed by atoms with Crippen molar-refractivity contribution >= 4 is 11.8 Å². The van der Waals surface area contributed by atoms with Gasteiger partial charge in [0.25, 0.3) is 5.91 Å². The lowest BCUT2D eigenvalue weighted by molar-refractivity contribution is -0.123. The number of ether oxygens (including phenoxy) is 2. The molecule has 2 amide bonds. The maximum absolute atomic E-state index is 12.8. The van der Waals surface area contributed by atoms with Crippen molar-refractivity contribution in [3.8, 4) is 11.5 Å². The van der Waals surface area contributed by atoms with Gasteiger partial charge in [0.05, 0.1) is 19.3 Å². The van der Waals surface area contributed by atoms with E-state index < -0.39 is 6.04 Å². The molecule has 7 nitrogen and oxygen atoms in total. The van der Waals surface area contributed by atoms with Crippen LogP contribution in [0.3, 0.4) is 0 Å². The van der Waals surface area contributed by atoms with Gasteiger partial charge in [0.1, 0.15) is 17.5 Å². The van der Waals surface area contributed by atoms with Crippen LogP contribution in [0.15, 0.2) is 48.5 Å². The number of aliphatic hydroxyl groups excluding tert-OH is 1. The Kier molecular flexibility index (Phi) is 8.50. The molecule has 7 heteroatoms. The fourth-order valence-electron chi connectivity index (χ4n) is 3.17. The highest BCUT2D eigenvalue weighted by Gasteiger charge is 2.23. The average Bonchev–Trinajstić information content (AvgIpc) is 3.61. The van der Waals surface area contributed by atoms with Gasteiger partial charge in [-0.2, -0.15) is 0 Å². The third kappa shape index (κ3) is 7.57. The highest BCUT2D eigenvalue weighted by atomic mass is 16.5. The number of aliphatic hydroxyl groups is 1. The first-order chi connectivity index (χ1) is 15.4. The maximum Gasteiger partial charge on any atom is 0.251 e. The van der Waals surface area contributed by atoms with Crippen LogP contribution in [0.4, 0.5) is 0 Å². The molecule has 1 fully saturated rings. The van der Waals surface area contributed by atoms with Crippen molar-refractivity contribution in [1.29, 1.82) is 0 Å². The van der Waals surface area contributed by atoms with Gasteiger partial charge in [-0.05, 0) is 74.6 Å². The molecule has 2 aromatic carbocycles. The zero-order valence-electron chi connectivity index (χ0n) is 18.7. The number of benzene rings is 2. The van der Waals surface area contributed by atoms with Gasteiger partial charge in [0, 0.05) is 18.5 Å². The predicted molar refractivity (Wildman–Crippen MR) is 122 cm³/mol. The molecule has 3 rings (SSSR count). The molecule has 1 aliphatic carbocycles. The number of hydrogen-bond acceptors (Lipinski definition) is 5. The summed E-state index contributed by atoms with van der Waals surface area (Å²) in [5.41, 5.74) is 1.33. The third-order valence-electron chi connectivity index (χ3n) is 5.07. The van der Waals surface area contributed by atoms with E-state index in [1.165, 1.54) is 12.8 Å². The number of carbonyl (C=O) groups is 2. The summed E-state index contributed by atoms with van der Waals surface area (Å²) >= 11 is 0. The molecule has 1 aliphatic rings. The summed E-state index contributed by atoms with van der Waals surface area (Å²) in [6.45, 7) is 4.57. The minimum atomic E-state index is -0.781. The summed E-state index contributed by atoms with van der Waals surface area (Å²) < 4.78 is 11.4. The summed E-state index contributed by atoms with van der Waals surface area (Å²) in [7, 11) is 0. The van der Waals surface area contributed by atoms with Crippen molar-refractivity contribution in [2.24, 2.45) is 5.92 Å². The fourth-order valence-corrected chi connectivity index (χ4v) is 3.17. The van der Waals surface area contributed by atoms with Crippen LogP contribution in [0, 0.1) is 5.92 Å². The quantitative estimate of drug-likeness (QED) is 0.472. The second-order valence-electron chi connectivity index (χ2n) is 8.33. The van der Waals surface area contributed by atoms with E-state index >= 15 is 0 Å². The minimum absolute atomic E-state index is 0.0719. The van der Waals surface area contributed by atoms with Gasteiger partial charge in [-0.25, -0.2) is 0 Å². The largest absolute Gasteiger partial charge is 0.493 e. The molecule has 0 heterocycles. The Morgan fingerprint density at radius 3 is 2.28 bits per heavy atom. The summed E-state index contributed by atoms with van der Waals surface area (Å²) in [5.74, 6) is 1.44. The van der Waals surface area contributed by atoms with Crippen LogP contribution in [0.1, 0.15) is 42.6 Å². The van der Waals surface area contributed by atoms with Gasteiger partial charge in [0.15, 0.2) is 0 Å². The number of nitrogens with one attached hydrogen (secondary N) is 2. The van der Waals surface area contributed by atoms with Gasteiger partial charge in [-0.3, -0.25) is 9.59 Å². The van der Waals surface area contributed by atoms with Gasteiger partial charge in [-0.15, -0.1) is 0 Å². The lowest BCUT2D eigenvalue weighted by Crippen LogP contribution is -2.48. The van der Waals surface area contributed by atoms with Crippen LogP contribution in [0.5, 0.6) is 11.5 Å². The summed E-state index contributed by atoms with van der Waals surface area (Å²) in [6, 6.07) is 13.6. The van der Waals surface area contributed by atoms with Crippen molar-refractivity contribution in [1.82, 2.24) is 10.6 Å². The Labute approximate surface area is 189 Å². The minimum Gasteiger partial charge on any atom is -0.493 e. The number of carbonyl (C=O) groups excluding carboxylic acids is 2. The van der Waals surface area contributed by atoms with E-state index in [0.29, 0.717) is 24.5 Å². The first kappa shape index (κ1) is 23.6. The standard InChI is InChI=1S/C25H32N2O5/c1-17(2)32-22-9-5-18(6-10-22)15-23(25(30)26-13-14-28)27-24(29)20-7-11-21(12-8-20)31-16-19-3-4-19/h5-12,17,19,23,28H,3-4,13-16H2,1-2H3,(H,26,30)(H,27,29). The first-order valence-corrected chi connectivity index (χ1v) is 11.1. The zero-order chi connectivity index (χ0) is 22.9. The molecule has 0 spiro atoms. The van der Waals surface area contributed by atoms with Crippen LogP contribution < -0.4 is 20.1 Å².